The van der Waals surface area contributed by atoms with E-state index in [-0.39, 0.29) is 12.4 Å². The first-order valence-corrected chi connectivity index (χ1v) is 2.74. The highest BCUT2D eigenvalue weighted by Gasteiger charge is 1.97. The van der Waals surface area contributed by atoms with Crippen LogP contribution in [0.25, 0.3) is 0 Å². The van der Waals surface area contributed by atoms with Crippen LogP contribution in [0.1, 0.15) is 6.92 Å². The Balaban J connectivity index is 3.50. The van der Waals surface area contributed by atoms with Crippen LogP contribution in [0.2, 0.25) is 0 Å². The van der Waals surface area contributed by atoms with Gasteiger partial charge in [-0.3, -0.25) is 4.79 Å². The molecule has 10 heavy (non-hydrogen) atoms. The van der Waals surface area contributed by atoms with Crippen LogP contribution < -0.4 is 5.73 Å². The molecule has 0 aliphatic carbocycles. The number of allylic oxidation sites excluding steroid dienone is 1. The number of amides is 1. The number of ether oxygens (including phenoxy) is 1. The second kappa shape index (κ2) is 4.55. The van der Waals surface area contributed by atoms with Crippen molar-refractivity contribution in [2.24, 2.45) is 5.73 Å². The first-order chi connectivity index (χ1) is 4.66. The summed E-state index contributed by atoms with van der Waals surface area (Å²) in [6.45, 7) is 1.42. The fraction of sp³-hybridized carbons (Fsp3) is 0.333. The summed E-state index contributed by atoms with van der Waals surface area (Å²) in [5.41, 5.74) is 4.60. The van der Waals surface area contributed by atoms with Crippen molar-refractivity contribution in [3.05, 3.63) is 12.2 Å². The summed E-state index contributed by atoms with van der Waals surface area (Å²) in [7, 11) is 0. The van der Waals surface area contributed by atoms with Crippen molar-refractivity contribution < 1.29 is 14.3 Å². The largest absolute Gasteiger partial charge is 0.441 e. The fourth-order valence-corrected chi connectivity index (χ4v) is 0.376. The molecule has 0 saturated carbocycles. The number of rotatable bonds is 3. The van der Waals surface area contributed by atoms with Crippen LogP contribution >= 0.6 is 0 Å². The van der Waals surface area contributed by atoms with Crippen LogP contribution in [0, 0.1) is 0 Å². The Morgan fingerprint density at radius 3 is 2.60 bits per heavy atom. The maximum absolute atomic E-state index is 10.5. The predicted molar refractivity (Wildman–Crippen MR) is 35.4 cm³/mol. The second-order valence-corrected chi connectivity index (χ2v) is 1.57. The van der Waals surface area contributed by atoms with Crippen molar-refractivity contribution >= 4 is 11.9 Å². The SMILES string of the molecule is CC=CC(=O)COC(N)=O. The Morgan fingerprint density at radius 2 is 2.20 bits per heavy atom. The average molecular weight is 143 g/mol. The van der Waals surface area contributed by atoms with Crippen molar-refractivity contribution in [1.29, 1.82) is 0 Å². The zero-order valence-corrected chi connectivity index (χ0v) is 5.66. The summed E-state index contributed by atoms with van der Waals surface area (Å²) >= 11 is 0. The molecule has 0 unspecified atom stereocenters. The lowest BCUT2D eigenvalue weighted by atomic mass is 10.4. The number of ketones is 1. The summed E-state index contributed by atoms with van der Waals surface area (Å²) in [6, 6.07) is 0. The third kappa shape index (κ3) is 4.83. The van der Waals surface area contributed by atoms with Crippen molar-refractivity contribution in [3.8, 4) is 0 Å². The van der Waals surface area contributed by atoms with Gasteiger partial charge in [-0.25, -0.2) is 4.79 Å². The molecule has 0 rings (SSSR count). The van der Waals surface area contributed by atoms with Crippen molar-refractivity contribution in [2.45, 2.75) is 6.92 Å². The fourth-order valence-electron chi connectivity index (χ4n) is 0.376. The molecule has 0 atom stereocenters. The Morgan fingerprint density at radius 1 is 1.60 bits per heavy atom. The second-order valence-electron chi connectivity index (χ2n) is 1.57. The molecule has 0 aliphatic heterocycles. The third-order valence-electron chi connectivity index (χ3n) is 0.709. The van der Waals surface area contributed by atoms with Crippen molar-refractivity contribution in [1.82, 2.24) is 0 Å². The topological polar surface area (TPSA) is 69.4 Å². The summed E-state index contributed by atoms with van der Waals surface area (Å²) in [4.78, 5) is 20.5. The van der Waals surface area contributed by atoms with Gasteiger partial charge in [-0.05, 0) is 13.0 Å². The molecule has 0 fully saturated rings. The smallest absolute Gasteiger partial charge is 0.404 e. The van der Waals surface area contributed by atoms with Crippen LogP contribution in [0.4, 0.5) is 4.79 Å². The Labute approximate surface area is 58.7 Å². The third-order valence-corrected chi connectivity index (χ3v) is 0.709. The van der Waals surface area contributed by atoms with Gasteiger partial charge in [0, 0.05) is 0 Å². The highest BCUT2D eigenvalue weighted by molar-refractivity contribution is 5.91. The van der Waals surface area contributed by atoms with Gasteiger partial charge in [0.25, 0.3) is 0 Å². The molecule has 0 heterocycles. The van der Waals surface area contributed by atoms with Gasteiger partial charge in [-0.15, -0.1) is 0 Å². The van der Waals surface area contributed by atoms with E-state index in [2.05, 4.69) is 10.5 Å². The molecule has 1 amide bonds. The van der Waals surface area contributed by atoms with E-state index in [1.165, 1.54) is 6.08 Å². The minimum atomic E-state index is -0.933. The zero-order valence-electron chi connectivity index (χ0n) is 5.66. The van der Waals surface area contributed by atoms with Gasteiger partial charge in [-0.1, -0.05) is 6.08 Å². The highest BCUT2D eigenvalue weighted by Crippen LogP contribution is 1.79. The molecule has 56 valence electrons. The van der Waals surface area contributed by atoms with E-state index in [9.17, 15) is 9.59 Å². The van der Waals surface area contributed by atoms with Gasteiger partial charge >= 0.3 is 6.09 Å². The molecule has 0 spiro atoms. The van der Waals surface area contributed by atoms with Gasteiger partial charge in [0.15, 0.2) is 12.4 Å². The Kier molecular flexibility index (Phi) is 3.95. The summed E-state index contributed by atoms with van der Waals surface area (Å²) < 4.78 is 4.19. The number of hydrogen-bond donors (Lipinski definition) is 1. The van der Waals surface area contributed by atoms with Crippen LogP contribution in [-0.4, -0.2) is 18.5 Å². The zero-order chi connectivity index (χ0) is 7.98. The van der Waals surface area contributed by atoms with Crippen LogP contribution in [-0.2, 0) is 9.53 Å². The average Bonchev–Trinajstić information content (AvgIpc) is 1.85. The molecule has 4 nitrogen and oxygen atoms in total. The lowest BCUT2D eigenvalue weighted by molar-refractivity contribution is -0.117. The monoisotopic (exact) mass is 143 g/mol. The van der Waals surface area contributed by atoms with E-state index in [1.54, 1.807) is 13.0 Å². The number of carbonyl (C=O) groups excluding carboxylic acids is 2. The van der Waals surface area contributed by atoms with Gasteiger partial charge in [0.1, 0.15) is 0 Å². The Bertz CT molecular complexity index is 162. The van der Waals surface area contributed by atoms with E-state index in [1.807, 2.05) is 0 Å². The molecule has 0 aromatic rings. The molecule has 0 saturated heterocycles. The molecule has 0 aromatic heterocycles. The quantitative estimate of drug-likeness (QED) is 0.575. The van der Waals surface area contributed by atoms with Crippen LogP contribution in [0.5, 0.6) is 0 Å². The van der Waals surface area contributed by atoms with Crippen LogP contribution in [0.3, 0.4) is 0 Å². The van der Waals surface area contributed by atoms with Gasteiger partial charge < -0.3 is 10.5 Å². The van der Waals surface area contributed by atoms with E-state index >= 15 is 0 Å². The number of nitrogens with two attached hydrogens (primary N) is 1. The molecule has 0 aromatic carbocycles. The molecule has 2 N–H and O–H groups in total. The maximum atomic E-state index is 10.5. The first kappa shape index (κ1) is 8.68. The van der Waals surface area contributed by atoms with Crippen molar-refractivity contribution in [3.63, 3.8) is 0 Å². The van der Waals surface area contributed by atoms with Gasteiger partial charge in [0.05, 0.1) is 0 Å². The predicted octanol–water partition coefficient (Wildman–Crippen LogP) is 0.227. The minimum Gasteiger partial charge on any atom is -0.441 e. The first-order valence-electron chi connectivity index (χ1n) is 2.74. The maximum Gasteiger partial charge on any atom is 0.404 e. The molecular formula is C6H9NO3. The van der Waals surface area contributed by atoms with Gasteiger partial charge in [-0.2, -0.15) is 0 Å². The highest BCUT2D eigenvalue weighted by atomic mass is 16.5. The van der Waals surface area contributed by atoms with Crippen LogP contribution in [0.15, 0.2) is 12.2 Å². The molecule has 4 heteroatoms. The molecular weight excluding hydrogens is 134 g/mol. The van der Waals surface area contributed by atoms with E-state index < -0.39 is 6.09 Å². The summed E-state index contributed by atoms with van der Waals surface area (Å²) in [5.74, 6) is -0.277. The summed E-state index contributed by atoms with van der Waals surface area (Å²) in [6.07, 6.45) is 1.94. The standard InChI is InChI=1S/C6H9NO3/c1-2-3-5(8)4-10-6(7)9/h2-3H,4H2,1H3,(H2,7,9). The van der Waals surface area contributed by atoms with Gasteiger partial charge in [0.2, 0.25) is 0 Å². The number of hydrogen-bond acceptors (Lipinski definition) is 3. The van der Waals surface area contributed by atoms with E-state index in [0.717, 1.165) is 0 Å². The minimum absolute atomic E-state index is 0.277. The number of primary amides is 1. The lowest BCUT2D eigenvalue weighted by Gasteiger charge is -1.94. The Hall–Kier alpha value is -1.32. The van der Waals surface area contributed by atoms with Crippen molar-refractivity contribution in [2.75, 3.05) is 6.61 Å². The molecule has 0 aliphatic rings. The summed E-state index contributed by atoms with van der Waals surface area (Å²) in [5, 5.41) is 0. The van der Waals surface area contributed by atoms with E-state index in [4.69, 9.17) is 0 Å². The molecule has 0 bridgehead atoms. The lowest BCUT2D eigenvalue weighted by Crippen LogP contribution is -2.17. The molecule has 0 radical (unpaired) electrons. The van der Waals surface area contributed by atoms with E-state index in [0.29, 0.717) is 0 Å². The number of carbonyl (C=O) groups is 2. The normalized spacial score (nSPS) is 9.70.